The Morgan fingerprint density at radius 3 is 2.41 bits per heavy atom. The van der Waals surface area contributed by atoms with Crippen LogP contribution < -0.4 is 5.43 Å². The van der Waals surface area contributed by atoms with Gasteiger partial charge in [0, 0.05) is 15.7 Å². The number of amides is 1. The van der Waals surface area contributed by atoms with Crippen LogP contribution in [0.25, 0.3) is 17.1 Å². The van der Waals surface area contributed by atoms with E-state index < -0.39 is 0 Å². The molecule has 4 rings (SSSR count). The topological polar surface area (TPSA) is 72.2 Å². The zero-order chi connectivity index (χ0) is 23.9. The zero-order valence-electron chi connectivity index (χ0n) is 18.9. The summed E-state index contributed by atoms with van der Waals surface area (Å²) in [4.78, 5) is 12.4. The van der Waals surface area contributed by atoms with Crippen LogP contribution in [0.1, 0.15) is 30.9 Å². The average molecular weight is 534 g/mol. The first-order valence-electron chi connectivity index (χ1n) is 10.8. The Kier molecular flexibility index (Phi) is 7.92. The highest BCUT2D eigenvalue weighted by molar-refractivity contribution is 9.10. The van der Waals surface area contributed by atoms with Gasteiger partial charge in [-0.3, -0.25) is 9.36 Å². The fraction of sp³-hybridized carbons (Fsp3) is 0.154. The monoisotopic (exact) mass is 533 g/mol. The molecule has 1 aromatic heterocycles. The summed E-state index contributed by atoms with van der Waals surface area (Å²) in [5, 5.41) is 13.5. The number of hydrazone groups is 1. The predicted octanol–water partition coefficient (Wildman–Crippen LogP) is 6.06. The number of carbonyl (C=O) groups is 1. The maximum Gasteiger partial charge on any atom is 0.250 e. The third-order valence-corrected chi connectivity index (χ3v) is 6.55. The third-order valence-electron chi connectivity index (χ3n) is 5.09. The molecule has 0 bridgehead atoms. The molecule has 3 aromatic carbocycles. The SMILES string of the molecule is CC(C)c1ccc(/C=N\NC(=O)CSc2nnc(-c3ccccc3)n2-c2ccc(Br)cc2)cc1. The number of thioether (sulfide) groups is 1. The highest BCUT2D eigenvalue weighted by atomic mass is 79.9. The number of rotatable bonds is 8. The van der Waals surface area contributed by atoms with Crippen molar-refractivity contribution in [3.63, 3.8) is 0 Å². The average Bonchev–Trinajstić information content (AvgIpc) is 3.28. The maximum absolute atomic E-state index is 12.4. The second-order valence-corrected chi connectivity index (χ2v) is 9.75. The number of carbonyl (C=O) groups excluding carboxylic acids is 1. The molecule has 1 amide bonds. The van der Waals surface area contributed by atoms with Crippen molar-refractivity contribution in [1.29, 1.82) is 0 Å². The lowest BCUT2D eigenvalue weighted by Gasteiger charge is -2.10. The van der Waals surface area contributed by atoms with E-state index in [-0.39, 0.29) is 11.7 Å². The van der Waals surface area contributed by atoms with E-state index in [2.05, 4.69) is 62.6 Å². The molecular weight excluding hydrogens is 510 g/mol. The summed E-state index contributed by atoms with van der Waals surface area (Å²) in [7, 11) is 0. The van der Waals surface area contributed by atoms with E-state index in [1.54, 1.807) is 6.21 Å². The van der Waals surface area contributed by atoms with Gasteiger partial charge < -0.3 is 0 Å². The van der Waals surface area contributed by atoms with Gasteiger partial charge in [-0.25, -0.2) is 5.43 Å². The van der Waals surface area contributed by atoms with Crippen molar-refractivity contribution < 1.29 is 4.79 Å². The summed E-state index contributed by atoms with van der Waals surface area (Å²) in [6.07, 6.45) is 1.64. The van der Waals surface area contributed by atoms with Gasteiger partial charge in [0.2, 0.25) is 0 Å². The zero-order valence-corrected chi connectivity index (χ0v) is 21.3. The number of hydrogen-bond acceptors (Lipinski definition) is 5. The molecule has 4 aromatic rings. The standard InChI is InChI=1S/C26H24BrN5OS/c1-18(2)20-10-8-19(9-11-20)16-28-29-24(33)17-34-26-31-30-25(21-6-4-3-5-7-21)32(26)23-14-12-22(27)13-15-23/h3-16,18H,17H2,1-2H3,(H,29,33)/b28-16-. The van der Waals surface area contributed by atoms with Crippen molar-refractivity contribution >= 4 is 39.8 Å². The molecule has 1 N–H and O–H groups in total. The second kappa shape index (κ2) is 11.3. The van der Waals surface area contributed by atoms with Crippen LogP contribution in [0, 0.1) is 0 Å². The van der Waals surface area contributed by atoms with E-state index >= 15 is 0 Å². The molecule has 0 aliphatic rings. The van der Waals surface area contributed by atoms with E-state index in [1.165, 1.54) is 17.3 Å². The fourth-order valence-corrected chi connectivity index (χ4v) is 4.28. The highest BCUT2D eigenvalue weighted by Crippen LogP contribution is 2.28. The lowest BCUT2D eigenvalue weighted by molar-refractivity contribution is -0.118. The number of hydrogen-bond donors (Lipinski definition) is 1. The lowest BCUT2D eigenvalue weighted by Crippen LogP contribution is -2.20. The normalized spacial score (nSPS) is 11.3. The Bertz CT molecular complexity index is 1270. The van der Waals surface area contributed by atoms with Crippen molar-refractivity contribution in [2.24, 2.45) is 5.10 Å². The van der Waals surface area contributed by atoms with Crippen molar-refractivity contribution in [1.82, 2.24) is 20.2 Å². The molecule has 0 atom stereocenters. The molecule has 0 radical (unpaired) electrons. The van der Waals surface area contributed by atoms with Gasteiger partial charge in [-0.15, -0.1) is 10.2 Å². The summed E-state index contributed by atoms with van der Waals surface area (Å²) >= 11 is 4.79. The molecule has 0 fully saturated rings. The Balaban J connectivity index is 1.45. The number of halogens is 1. The van der Waals surface area contributed by atoms with E-state index in [0.717, 1.165) is 21.3 Å². The maximum atomic E-state index is 12.4. The molecule has 1 heterocycles. The van der Waals surface area contributed by atoms with E-state index in [9.17, 15) is 4.79 Å². The summed E-state index contributed by atoms with van der Waals surface area (Å²) in [5.74, 6) is 1.14. The van der Waals surface area contributed by atoms with Crippen molar-refractivity contribution in [2.75, 3.05) is 5.75 Å². The van der Waals surface area contributed by atoms with Crippen molar-refractivity contribution in [3.8, 4) is 17.1 Å². The number of nitrogens with zero attached hydrogens (tertiary/aromatic N) is 4. The van der Waals surface area contributed by atoms with Crippen molar-refractivity contribution in [3.05, 3.63) is 94.5 Å². The van der Waals surface area contributed by atoms with Gasteiger partial charge in [-0.1, -0.05) is 96.1 Å². The van der Waals surface area contributed by atoms with Crippen LogP contribution in [-0.2, 0) is 4.79 Å². The van der Waals surface area contributed by atoms with E-state index in [0.29, 0.717) is 16.9 Å². The minimum Gasteiger partial charge on any atom is -0.272 e. The smallest absolute Gasteiger partial charge is 0.250 e. The van der Waals surface area contributed by atoms with E-state index in [1.807, 2.05) is 71.3 Å². The molecular formula is C26H24BrN5OS. The Labute approximate surface area is 211 Å². The first-order chi connectivity index (χ1) is 16.5. The Morgan fingerprint density at radius 2 is 1.74 bits per heavy atom. The molecule has 0 spiro atoms. The first kappa shape index (κ1) is 23.9. The molecule has 172 valence electrons. The molecule has 8 heteroatoms. The first-order valence-corrected chi connectivity index (χ1v) is 12.6. The molecule has 0 aliphatic heterocycles. The summed E-state index contributed by atoms with van der Waals surface area (Å²) in [6, 6.07) is 25.9. The molecule has 6 nitrogen and oxygen atoms in total. The quantitative estimate of drug-likeness (QED) is 0.169. The Morgan fingerprint density at radius 1 is 1.03 bits per heavy atom. The van der Waals surface area contributed by atoms with Crippen LogP contribution in [0.2, 0.25) is 0 Å². The van der Waals surface area contributed by atoms with Gasteiger partial charge in [-0.05, 0) is 41.3 Å². The van der Waals surface area contributed by atoms with Gasteiger partial charge >= 0.3 is 0 Å². The predicted molar refractivity (Wildman–Crippen MR) is 141 cm³/mol. The minimum atomic E-state index is -0.216. The van der Waals surface area contributed by atoms with Gasteiger partial charge in [0.05, 0.1) is 12.0 Å². The minimum absolute atomic E-state index is 0.160. The largest absolute Gasteiger partial charge is 0.272 e. The van der Waals surface area contributed by atoms with Crippen LogP contribution in [0.5, 0.6) is 0 Å². The highest BCUT2D eigenvalue weighted by Gasteiger charge is 2.17. The van der Waals surface area contributed by atoms with Crippen LogP contribution in [0.15, 0.2) is 93.6 Å². The van der Waals surface area contributed by atoms with Crippen LogP contribution in [0.3, 0.4) is 0 Å². The van der Waals surface area contributed by atoms with Gasteiger partial charge in [-0.2, -0.15) is 5.10 Å². The summed E-state index contributed by atoms with van der Waals surface area (Å²) in [6.45, 7) is 4.31. The molecule has 0 unspecified atom stereocenters. The van der Waals surface area contributed by atoms with Crippen LogP contribution in [0.4, 0.5) is 0 Å². The van der Waals surface area contributed by atoms with Crippen molar-refractivity contribution in [2.45, 2.75) is 24.9 Å². The lowest BCUT2D eigenvalue weighted by atomic mass is 10.0. The Hall–Kier alpha value is -3.23. The van der Waals surface area contributed by atoms with Crippen LogP contribution >= 0.6 is 27.7 Å². The summed E-state index contributed by atoms with van der Waals surface area (Å²) < 4.78 is 2.94. The summed E-state index contributed by atoms with van der Waals surface area (Å²) in [5.41, 5.74) is 6.65. The van der Waals surface area contributed by atoms with Crippen LogP contribution in [-0.4, -0.2) is 32.6 Å². The molecule has 0 aliphatic carbocycles. The second-order valence-electron chi connectivity index (χ2n) is 7.89. The fourth-order valence-electron chi connectivity index (χ4n) is 3.27. The van der Waals surface area contributed by atoms with Gasteiger partial charge in [0.25, 0.3) is 5.91 Å². The number of benzene rings is 3. The number of nitrogens with one attached hydrogen (secondary N) is 1. The molecule has 0 saturated carbocycles. The van der Waals surface area contributed by atoms with E-state index in [4.69, 9.17) is 0 Å². The third kappa shape index (κ3) is 6.01. The van der Waals surface area contributed by atoms with Gasteiger partial charge in [0.15, 0.2) is 11.0 Å². The van der Waals surface area contributed by atoms with Gasteiger partial charge in [0.1, 0.15) is 0 Å². The molecule has 34 heavy (non-hydrogen) atoms. The molecule has 0 saturated heterocycles. The number of aromatic nitrogens is 3.